The van der Waals surface area contributed by atoms with Gasteiger partial charge in [-0.3, -0.25) is 4.79 Å². The van der Waals surface area contributed by atoms with Crippen LogP contribution in [0.4, 0.5) is 5.69 Å². The van der Waals surface area contributed by atoms with Gasteiger partial charge in [-0.15, -0.1) is 10.2 Å². The number of hydrogen-bond acceptors (Lipinski definition) is 6. The maximum absolute atomic E-state index is 12.2. The van der Waals surface area contributed by atoms with Gasteiger partial charge in [-0.25, -0.2) is 0 Å². The summed E-state index contributed by atoms with van der Waals surface area (Å²) in [6.45, 7) is 1.93. The number of aromatic nitrogens is 4. The number of aryl methyl sites for hydroxylation is 1. The summed E-state index contributed by atoms with van der Waals surface area (Å²) in [7, 11) is 1.56. The molecule has 0 saturated carbocycles. The van der Waals surface area contributed by atoms with Gasteiger partial charge in [-0.1, -0.05) is 6.07 Å². The van der Waals surface area contributed by atoms with E-state index >= 15 is 0 Å². The van der Waals surface area contributed by atoms with Crippen molar-refractivity contribution in [3.05, 3.63) is 40.6 Å². The van der Waals surface area contributed by atoms with E-state index in [9.17, 15) is 4.79 Å². The number of anilines is 1. The van der Waals surface area contributed by atoms with Crippen molar-refractivity contribution in [1.82, 2.24) is 20.2 Å². The highest BCUT2D eigenvalue weighted by atomic mass is 32.1. The molecule has 0 aliphatic heterocycles. The summed E-state index contributed by atoms with van der Waals surface area (Å²) in [4.78, 5) is 13.4. The first kappa shape index (κ1) is 15.2. The maximum Gasteiger partial charge on any atom is 0.248 e. The minimum Gasteiger partial charge on any atom is -0.495 e. The summed E-state index contributed by atoms with van der Waals surface area (Å²) in [6, 6.07) is 7.49. The number of ether oxygens (including phenoxy) is 1. The van der Waals surface area contributed by atoms with E-state index in [0.29, 0.717) is 17.3 Å². The fraction of sp³-hybridized carbons (Fsp3) is 0.200. The van der Waals surface area contributed by atoms with Gasteiger partial charge in [0.15, 0.2) is 0 Å². The third kappa shape index (κ3) is 3.54. The van der Waals surface area contributed by atoms with Crippen LogP contribution in [0.2, 0.25) is 0 Å². The maximum atomic E-state index is 12.2. The van der Waals surface area contributed by atoms with Gasteiger partial charge in [-0.2, -0.15) is 16.1 Å². The summed E-state index contributed by atoms with van der Waals surface area (Å²) < 4.78 is 5.24. The van der Waals surface area contributed by atoms with Crippen LogP contribution in [0.5, 0.6) is 5.75 Å². The third-order valence-electron chi connectivity index (χ3n) is 3.15. The molecule has 0 unspecified atom stereocenters. The Morgan fingerprint density at radius 3 is 3.00 bits per heavy atom. The molecular weight excluding hydrogens is 314 g/mol. The van der Waals surface area contributed by atoms with Crippen molar-refractivity contribution in [3.63, 3.8) is 0 Å². The molecule has 118 valence electrons. The number of amides is 1. The van der Waals surface area contributed by atoms with Crippen molar-refractivity contribution in [2.45, 2.75) is 13.5 Å². The van der Waals surface area contributed by atoms with E-state index in [0.717, 1.165) is 11.1 Å². The Balaban J connectivity index is 1.69. The van der Waals surface area contributed by atoms with Gasteiger partial charge in [0.2, 0.25) is 11.7 Å². The highest BCUT2D eigenvalue weighted by Crippen LogP contribution is 2.25. The molecule has 0 atom stereocenters. The molecule has 3 rings (SSSR count). The fourth-order valence-electron chi connectivity index (χ4n) is 2.06. The average Bonchev–Trinajstić information content (AvgIpc) is 3.18. The van der Waals surface area contributed by atoms with E-state index in [1.807, 2.05) is 41.9 Å². The number of tetrazole rings is 1. The number of nitrogens with zero attached hydrogens (tertiary/aromatic N) is 4. The molecule has 0 radical (unpaired) electrons. The largest absolute Gasteiger partial charge is 0.495 e. The van der Waals surface area contributed by atoms with E-state index in [-0.39, 0.29) is 12.5 Å². The molecule has 1 N–H and O–H groups in total. The Labute approximate surface area is 136 Å². The van der Waals surface area contributed by atoms with Gasteiger partial charge in [0.25, 0.3) is 0 Å². The zero-order valence-electron chi connectivity index (χ0n) is 12.7. The lowest BCUT2D eigenvalue weighted by atomic mass is 10.2. The lowest BCUT2D eigenvalue weighted by Gasteiger charge is -2.10. The van der Waals surface area contributed by atoms with Crippen molar-refractivity contribution in [2.75, 3.05) is 12.4 Å². The smallest absolute Gasteiger partial charge is 0.248 e. The average molecular weight is 329 g/mol. The van der Waals surface area contributed by atoms with Crippen LogP contribution >= 0.6 is 11.3 Å². The number of carbonyl (C=O) groups is 1. The Morgan fingerprint density at radius 2 is 2.26 bits per heavy atom. The van der Waals surface area contributed by atoms with Crippen LogP contribution in [0.3, 0.4) is 0 Å². The zero-order valence-corrected chi connectivity index (χ0v) is 13.5. The minimum absolute atomic E-state index is 0.0196. The van der Waals surface area contributed by atoms with Crippen molar-refractivity contribution in [1.29, 1.82) is 0 Å². The third-order valence-corrected chi connectivity index (χ3v) is 3.83. The zero-order chi connectivity index (χ0) is 16.2. The first-order chi connectivity index (χ1) is 11.2. The lowest BCUT2D eigenvalue weighted by Crippen LogP contribution is -2.20. The number of nitrogens with one attached hydrogen (secondary N) is 1. The molecule has 0 saturated heterocycles. The predicted molar refractivity (Wildman–Crippen MR) is 87.5 cm³/mol. The molecule has 0 fully saturated rings. The Bertz CT molecular complexity index is 813. The van der Waals surface area contributed by atoms with E-state index in [1.54, 1.807) is 18.4 Å². The quantitative estimate of drug-likeness (QED) is 0.777. The van der Waals surface area contributed by atoms with Crippen LogP contribution in [-0.2, 0) is 11.3 Å². The Hall–Kier alpha value is -2.74. The van der Waals surface area contributed by atoms with Gasteiger partial charge in [0, 0.05) is 10.9 Å². The van der Waals surface area contributed by atoms with Gasteiger partial charge in [0.05, 0.1) is 12.8 Å². The van der Waals surface area contributed by atoms with Crippen molar-refractivity contribution in [3.8, 4) is 17.1 Å². The summed E-state index contributed by atoms with van der Waals surface area (Å²) in [5.74, 6) is 0.866. The van der Waals surface area contributed by atoms with Crippen molar-refractivity contribution in [2.24, 2.45) is 0 Å². The number of carbonyl (C=O) groups excluding carboxylic acids is 1. The van der Waals surface area contributed by atoms with E-state index in [4.69, 9.17) is 4.74 Å². The molecule has 23 heavy (non-hydrogen) atoms. The molecule has 0 bridgehead atoms. The first-order valence-electron chi connectivity index (χ1n) is 6.90. The van der Waals surface area contributed by atoms with E-state index in [2.05, 4.69) is 20.7 Å². The molecule has 0 aliphatic carbocycles. The number of methoxy groups -OCH3 is 1. The number of hydrogen-bond donors (Lipinski definition) is 1. The van der Waals surface area contributed by atoms with Crippen LogP contribution in [-0.4, -0.2) is 33.2 Å². The molecule has 1 aromatic carbocycles. The number of benzene rings is 1. The monoisotopic (exact) mass is 329 g/mol. The summed E-state index contributed by atoms with van der Waals surface area (Å²) in [5, 5.41) is 18.7. The molecule has 0 spiro atoms. The van der Waals surface area contributed by atoms with E-state index < -0.39 is 0 Å². The second kappa shape index (κ2) is 6.57. The van der Waals surface area contributed by atoms with Gasteiger partial charge < -0.3 is 10.1 Å². The second-order valence-corrected chi connectivity index (χ2v) is 5.69. The SMILES string of the molecule is COc1ccc(C)cc1NC(=O)Cn1nnc(-c2ccsc2)n1. The highest BCUT2D eigenvalue weighted by molar-refractivity contribution is 7.08. The number of thiophene rings is 1. The fourth-order valence-corrected chi connectivity index (χ4v) is 2.69. The summed E-state index contributed by atoms with van der Waals surface area (Å²) in [6.07, 6.45) is 0. The van der Waals surface area contributed by atoms with Gasteiger partial charge in [-0.05, 0) is 41.3 Å². The molecule has 2 aromatic heterocycles. The first-order valence-corrected chi connectivity index (χ1v) is 7.85. The van der Waals surface area contributed by atoms with Crippen molar-refractivity contribution < 1.29 is 9.53 Å². The highest BCUT2D eigenvalue weighted by Gasteiger charge is 2.12. The molecule has 0 aliphatic rings. The normalized spacial score (nSPS) is 10.5. The molecule has 1 amide bonds. The van der Waals surface area contributed by atoms with Crippen LogP contribution in [0.1, 0.15) is 5.56 Å². The summed E-state index contributed by atoms with van der Waals surface area (Å²) >= 11 is 1.55. The van der Waals surface area contributed by atoms with Gasteiger partial charge in [0.1, 0.15) is 12.3 Å². The Kier molecular flexibility index (Phi) is 4.33. The lowest BCUT2D eigenvalue weighted by molar-refractivity contribution is -0.117. The molecule has 7 nitrogen and oxygen atoms in total. The van der Waals surface area contributed by atoms with Crippen LogP contribution in [0.15, 0.2) is 35.0 Å². The van der Waals surface area contributed by atoms with Crippen LogP contribution in [0, 0.1) is 6.92 Å². The number of rotatable bonds is 5. The standard InChI is InChI=1S/C15H15N5O2S/c1-10-3-4-13(22-2)12(7-10)16-14(21)8-20-18-15(17-19-20)11-5-6-23-9-11/h3-7,9H,8H2,1-2H3,(H,16,21). The van der Waals surface area contributed by atoms with Crippen LogP contribution < -0.4 is 10.1 Å². The second-order valence-electron chi connectivity index (χ2n) is 4.91. The molecule has 3 aromatic rings. The predicted octanol–water partition coefficient (Wildman–Crippen LogP) is 2.36. The van der Waals surface area contributed by atoms with E-state index in [1.165, 1.54) is 4.80 Å². The molecular formula is C15H15N5O2S. The minimum atomic E-state index is -0.247. The molecule has 2 heterocycles. The van der Waals surface area contributed by atoms with Crippen LogP contribution in [0.25, 0.3) is 11.4 Å². The molecule has 8 heteroatoms. The Morgan fingerprint density at radius 1 is 1.39 bits per heavy atom. The van der Waals surface area contributed by atoms with Crippen molar-refractivity contribution >= 4 is 22.9 Å². The topological polar surface area (TPSA) is 81.9 Å². The summed E-state index contributed by atoms with van der Waals surface area (Å²) in [5.41, 5.74) is 2.54. The van der Waals surface area contributed by atoms with Gasteiger partial charge >= 0.3 is 0 Å².